The topological polar surface area (TPSA) is 21.3 Å². The largest absolute Gasteiger partial charge is 0.381 e. The van der Waals surface area contributed by atoms with Crippen molar-refractivity contribution < 1.29 is 4.74 Å². The molecule has 0 amide bonds. The Labute approximate surface area is 108 Å². The molecule has 0 aliphatic heterocycles. The highest BCUT2D eigenvalue weighted by Gasteiger charge is 2.19. The molecule has 0 bridgehead atoms. The maximum atomic E-state index is 5.69. The molecular formula is C15H31NO. The number of hydrogen-bond acceptors (Lipinski definition) is 2. The van der Waals surface area contributed by atoms with E-state index in [1.807, 2.05) is 0 Å². The fraction of sp³-hybridized carbons (Fsp3) is 1.00. The van der Waals surface area contributed by atoms with Gasteiger partial charge in [-0.15, -0.1) is 0 Å². The van der Waals surface area contributed by atoms with Gasteiger partial charge in [-0.3, -0.25) is 0 Å². The second kappa shape index (κ2) is 9.90. The van der Waals surface area contributed by atoms with Gasteiger partial charge < -0.3 is 10.1 Å². The van der Waals surface area contributed by atoms with Gasteiger partial charge in [0.25, 0.3) is 0 Å². The summed E-state index contributed by atoms with van der Waals surface area (Å²) in [5.41, 5.74) is 0. The summed E-state index contributed by atoms with van der Waals surface area (Å²) >= 11 is 0. The molecule has 102 valence electrons. The summed E-state index contributed by atoms with van der Waals surface area (Å²) in [5.74, 6) is 0.739. The third kappa shape index (κ3) is 9.61. The molecule has 0 aromatic carbocycles. The molecule has 0 radical (unpaired) electrons. The third-order valence-electron chi connectivity index (χ3n) is 3.41. The van der Waals surface area contributed by atoms with E-state index in [0.29, 0.717) is 0 Å². The maximum Gasteiger partial charge on any atom is 0.0491 e. The van der Waals surface area contributed by atoms with Crippen LogP contribution in [0.25, 0.3) is 0 Å². The van der Waals surface area contributed by atoms with Crippen molar-refractivity contribution in [3.05, 3.63) is 0 Å². The first-order chi connectivity index (χ1) is 8.33. The van der Waals surface area contributed by atoms with E-state index in [1.165, 1.54) is 57.9 Å². The zero-order chi connectivity index (χ0) is 12.3. The van der Waals surface area contributed by atoms with E-state index >= 15 is 0 Å². The highest BCUT2D eigenvalue weighted by molar-refractivity contribution is 4.80. The molecule has 0 aromatic heterocycles. The van der Waals surface area contributed by atoms with E-state index in [4.69, 9.17) is 4.74 Å². The van der Waals surface area contributed by atoms with Crippen LogP contribution in [0.2, 0.25) is 0 Å². The van der Waals surface area contributed by atoms with Crippen molar-refractivity contribution in [2.45, 2.75) is 71.3 Å². The van der Waals surface area contributed by atoms with Gasteiger partial charge in [0.1, 0.15) is 0 Å². The van der Waals surface area contributed by atoms with Crippen molar-refractivity contribution in [3.63, 3.8) is 0 Å². The Hall–Kier alpha value is -0.0800. The Balaban J connectivity index is 1.68. The number of nitrogens with one attached hydrogen (secondary N) is 1. The molecule has 2 nitrogen and oxygen atoms in total. The van der Waals surface area contributed by atoms with E-state index < -0.39 is 0 Å². The van der Waals surface area contributed by atoms with Crippen LogP contribution in [0.1, 0.15) is 65.2 Å². The van der Waals surface area contributed by atoms with Gasteiger partial charge in [0.2, 0.25) is 0 Å². The van der Waals surface area contributed by atoms with Gasteiger partial charge >= 0.3 is 0 Å². The van der Waals surface area contributed by atoms with Crippen LogP contribution >= 0.6 is 0 Å². The van der Waals surface area contributed by atoms with Gasteiger partial charge in [0.05, 0.1) is 0 Å². The van der Waals surface area contributed by atoms with Crippen LogP contribution in [-0.2, 0) is 4.74 Å². The second-order valence-corrected chi connectivity index (χ2v) is 5.61. The van der Waals surface area contributed by atoms with Gasteiger partial charge in [0.15, 0.2) is 0 Å². The molecule has 1 fully saturated rings. The van der Waals surface area contributed by atoms with Crippen molar-refractivity contribution >= 4 is 0 Å². The monoisotopic (exact) mass is 241 g/mol. The summed E-state index contributed by atoms with van der Waals surface area (Å²) in [7, 11) is 0. The molecule has 0 aromatic rings. The van der Waals surface area contributed by atoms with Crippen molar-refractivity contribution in [2.75, 3.05) is 19.8 Å². The minimum atomic E-state index is 0.739. The SMILES string of the molecule is CCCC(C)COCCCCCCNC1CC1. The van der Waals surface area contributed by atoms with Crippen molar-refractivity contribution in [3.8, 4) is 0 Å². The summed E-state index contributed by atoms with van der Waals surface area (Å²) < 4.78 is 5.69. The normalized spacial score (nSPS) is 17.3. The Kier molecular flexibility index (Phi) is 8.72. The molecule has 1 rings (SSSR count). The quantitative estimate of drug-likeness (QED) is 0.525. The summed E-state index contributed by atoms with van der Waals surface area (Å²) in [6.45, 7) is 7.67. The van der Waals surface area contributed by atoms with E-state index in [-0.39, 0.29) is 0 Å². The number of rotatable bonds is 12. The first-order valence-electron chi connectivity index (χ1n) is 7.64. The van der Waals surface area contributed by atoms with Gasteiger partial charge in [-0.05, 0) is 44.6 Å². The Morgan fingerprint density at radius 2 is 1.94 bits per heavy atom. The third-order valence-corrected chi connectivity index (χ3v) is 3.41. The molecule has 1 atom stereocenters. The smallest absolute Gasteiger partial charge is 0.0491 e. The fourth-order valence-electron chi connectivity index (χ4n) is 2.14. The summed E-state index contributed by atoms with van der Waals surface area (Å²) in [6, 6.07) is 0.874. The zero-order valence-corrected chi connectivity index (χ0v) is 11.8. The van der Waals surface area contributed by atoms with Gasteiger partial charge in [-0.1, -0.05) is 33.1 Å². The van der Waals surface area contributed by atoms with Gasteiger partial charge in [0, 0.05) is 19.3 Å². The van der Waals surface area contributed by atoms with Crippen molar-refractivity contribution in [2.24, 2.45) is 5.92 Å². The molecule has 2 heteroatoms. The minimum Gasteiger partial charge on any atom is -0.381 e. The lowest BCUT2D eigenvalue weighted by Gasteiger charge is -2.10. The van der Waals surface area contributed by atoms with Gasteiger partial charge in [-0.25, -0.2) is 0 Å². The van der Waals surface area contributed by atoms with Crippen molar-refractivity contribution in [1.29, 1.82) is 0 Å². The lowest BCUT2D eigenvalue weighted by Crippen LogP contribution is -2.17. The van der Waals surface area contributed by atoms with Crippen LogP contribution in [0.4, 0.5) is 0 Å². The average molecular weight is 241 g/mol. The lowest BCUT2D eigenvalue weighted by atomic mass is 10.1. The Bertz CT molecular complexity index is 168. The number of unbranched alkanes of at least 4 members (excludes halogenated alkanes) is 3. The maximum absolute atomic E-state index is 5.69. The van der Waals surface area contributed by atoms with E-state index in [0.717, 1.165) is 25.2 Å². The molecule has 1 aliphatic rings. The van der Waals surface area contributed by atoms with Crippen LogP contribution in [-0.4, -0.2) is 25.8 Å². The predicted octanol–water partition coefficient (Wildman–Crippen LogP) is 3.75. The van der Waals surface area contributed by atoms with Gasteiger partial charge in [-0.2, -0.15) is 0 Å². The van der Waals surface area contributed by atoms with E-state index in [2.05, 4.69) is 19.2 Å². The van der Waals surface area contributed by atoms with Crippen LogP contribution in [0.3, 0.4) is 0 Å². The highest BCUT2D eigenvalue weighted by atomic mass is 16.5. The first-order valence-corrected chi connectivity index (χ1v) is 7.64. The van der Waals surface area contributed by atoms with Crippen LogP contribution in [0, 0.1) is 5.92 Å². The Morgan fingerprint density at radius 3 is 2.65 bits per heavy atom. The molecule has 17 heavy (non-hydrogen) atoms. The molecule has 0 spiro atoms. The molecule has 0 saturated heterocycles. The number of hydrogen-bond donors (Lipinski definition) is 1. The number of ether oxygens (including phenoxy) is 1. The van der Waals surface area contributed by atoms with Crippen LogP contribution in [0.5, 0.6) is 0 Å². The summed E-state index contributed by atoms with van der Waals surface area (Å²) in [5, 5.41) is 3.56. The first kappa shape index (κ1) is 15.0. The summed E-state index contributed by atoms with van der Waals surface area (Å²) in [6.07, 6.45) is 10.6. The van der Waals surface area contributed by atoms with E-state index in [1.54, 1.807) is 0 Å². The highest BCUT2D eigenvalue weighted by Crippen LogP contribution is 2.18. The van der Waals surface area contributed by atoms with Crippen molar-refractivity contribution in [1.82, 2.24) is 5.32 Å². The minimum absolute atomic E-state index is 0.739. The second-order valence-electron chi connectivity index (χ2n) is 5.61. The standard InChI is InChI=1S/C15H31NO/c1-3-8-14(2)13-17-12-7-5-4-6-11-16-15-9-10-15/h14-16H,3-13H2,1-2H3. The lowest BCUT2D eigenvalue weighted by molar-refractivity contribution is 0.0983. The van der Waals surface area contributed by atoms with E-state index in [9.17, 15) is 0 Å². The molecule has 1 N–H and O–H groups in total. The van der Waals surface area contributed by atoms with Crippen LogP contribution < -0.4 is 5.32 Å². The molecule has 0 heterocycles. The molecule has 1 unspecified atom stereocenters. The predicted molar refractivity (Wildman–Crippen MR) is 74.4 cm³/mol. The molecule has 1 aliphatic carbocycles. The Morgan fingerprint density at radius 1 is 1.18 bits per heavy atom. The average Bonchev–Trinajstić information content (AvgIpc) is 3.11. The molecule has 1 saturated carbocycles. The molecular weight excluding hydrogens is 210 g/mol. The fourth-order valence-corrected chi connectivity index (χ4v) is 2.14. The van der Waals surface area contributed by atoms with Crippen LogP contribution in [0.15, 0.2) is 0 Å². The summed E-state index contributed by atoms with van der Waals surface area (Å²) in [4.78, 5) is 0. The zero-order valence-electron chi connectivity index (χ0n) is 11.8.